The highest BCUT2D eigenvalue weighted by molar-refractivity contribution is 7.89. The number of morpholine rings is 1. The molecule has 1 aromatic rings. The molecule has 150 valence electrons. The van der Waals surface area contributed by atoms with E-state index in [0.29, 0.717) is 38.6 Å². The van der Waals surface area contributed by atoms with Crippen molar-refractivity contribution in [1.29, 1.82) is 0 Å². The SMILES string of the molecule is Cc1ccc(C(CC(=O)NCCS(=O)(=O)N2CCOCC2)C2CC2)cc1C. The summed E-state index contributed by atoms with van der Waals surface area (Å²) in [6.07, 6.45) is 2.75. The second-order valence-electron chi connectivity index (χ2n) is 7.67. The molecule has 0 radical (unpaired) electrons. The van der Waals surface area contributed by atoms with Gasteiger partial charge in [-0.15, -0.1) is 0 Å². The Bertz CT molecular complexity index is 768. The summed E-state index contributed by atoms with van der Waals surface area (Å²) in [6, 6.07) is 6.43. The maximum Gasteiger partial charge on any atom is 0.220 e. The Labute approximate surface area is 162 Å². The highest BCUT2D eigenvalue weighted by Gasteiger charge is 2.34. The Hall–Kier alpha value is -1.44. The van der Waals surface area contributed by atoms with Gasteiger partial charge < -0.3 is 10.1 Å². The van der Waals surface area contributed by atoms with Gasteiger partial charge in [0.2, 0.25) is 15.9 Å². The van der Waals surface area contributed by atoms with Gasteiger partial charge in [0, 0.05) is 26.1 Å². The summed E-state index contributed by atoms with van der Waals surface area (Å²) in [5.74, 6) is 0.661. The Balaban J connectivity index is 1.52. The van der Waals surface area contributed by atoms with Gasteiger partial charge in [-0.1, -0.05) is 18.2 Å². The summed E-state index contributed by atoms with van der Waals surface area (Å²) >= 11 is 0. The molecule has 27 heavy (non-hydrogen) atoms. The molecule has 0 bridgehead atoms. The van der Waals surface area contributed by atoms with Crippen LogP contribution < -0.4 is 5.32 Å². The second kappa shape index (κ2) is 8.71. The minimum absolute atomic E-state index is 0.0591. The number of ether oxygens (including phenoxy) is 1. The molecule has 7 heteroatoms. The van der Waals surface area contributed by atoms with E-state index in [1.807, 2.05) is 0 Å². The zero-order chi connectivity index (χ0) is 19.4. The van der Waals surface area contributed by atoms with Crippen molar-refractivity contribution in [2.45, 2.75) is 39.0 Å². The predicted molar refractivity (Wildman–Crippen MR) is 105 cm³/mol. The van der Waals surface area contributed by atoms with E-state index in [9.17, 15) is 13.2 Å². The lowest BCUT2D eigenvalue weighted by Crippen LogP contribution is -2.43. The topological polar surface area (TPSA) is 75.7 Å². The smallest absolute Gasteiger partial charge is 0.220 e. The molecular weight excluding hydrogens is 364 g/mol. The van der Waals surface area contributed by atoms with Crippen molar-refractivity contribution in [2.24, 2.45) is 5.92 Å². The van der Waals surface area contributed by atoms with Gasteiger partial charge in [0.25, 0.3) is 0 Å². The number of nitrogens with zero attached hydrogens (tertiary/aromatic N) is 1. The first-order valence-corrected chi connectivity index (χ1v) is 11.4. The number of nitrogens with one attached hydrogen (secondary N) is 1. The van der Waals surface area contributed by atoms with Crippen LogP contribution in [0.2, 0.25) is 0 Å². The standard InChI is InChI=1S/C20H30N2O4S/c1-15-3-4-18(13-16(15)2)19(17-5-6-17)14-20(23)21-7-12-27(24,25)22-8-10-26-11-9-22/h3-4,13,17,19H,5-12,14H2,1-2H3,(H,21,23). The van der Waals surface area contributed by atoms with Gasteiger partial charge in [0.15, 0.2) is 0 Å². The summed E-state index contributed by atoms with van der Waals surface area (Å²) in [4.78, 5) is 12.4. The van der Waals surface area contributed by atoms with Gasteiger partial charge in [-0.2, -0.15) is 4.31 Å². The van der Waals surface area contributed by atoms with E-state index < -0.39 is 10.0 Å². The van der Waals surface area contributed by atoms with Crippen LogP contribution in [0.4, 0.5) is 0 Å². The van der Waals surface area contributed by atoms with Crippen molar-refractivity contribution in [3.63, 3.8) is 0 Å². The number of aryl methyl sites for hydroxylation is 2. The molecule has 1 aliphatic carbocycles. The Morgan fingerprint density at radius 2 is 1.93 bits per heavy atom. The van der Waals surface area contributed by atoms with Crippen molar-refractivity contribution in [3.8, 4) is 0 Å². The lowest BCUT2D eigenvalue weighted by molar-refractivity contribution is -0.121. The number of benzene rings is 1. The van der Waals surface area contributed by atoms with Crippen LogP contribution in [-0.4, -0.2) is 57.2 Å². The molecule has 0 aromatic heterocycles. The third kappa shape index (κ3) is 5.53. The monoisotopic (exact) mass is 394 g/mol. The summed E-state index contributed by atoms with van der Waals surface area (Å²) < 4.78 is 31.3. The third-order valence-corrected chi connectivity index (χ3v) is 7.47. The van der Waals surface area contributed by atoms with E-state index in [1.54, 1.807) is 0 Å². The van der Waals surface area contributed by atoms with Crippen molar-refractivity contribution in [2.75, 3.05) is 38.6 Å². The van der Waals surface area contributed by atoms with Crippen LogP contribution in [0.3, 0.4) is 0 Å². The van der Waals surface area contributed by atoms with Gasteiger partial charge in [0.1, 0.15) is 0 Å². The molecule has 3 rings (SSSR count). The number of rotatable bonds is 8. The van der Waals surface area contributed by atoms with E-state index in [1.165, 1.54) is 21.0 Å². The summed E-state index contributed by atoms with van der Waals surface area (Å²) in [7, 11) is -3.34. The van der Waals surface area contributed by atoms with Gasteiger partial charge >= 0.3 is 0 Å². The van der Waals surface area contributed by atoms with E-state index in [4.69, 9.17) is 4.74 Å². The molecule has 0 spiro atoms. The molecule has 1 unspecified atom stereocenters. The van der Waals surface area contributed by atoms with Crippen LogP contribution in [0.5, 0.6) is 0 Å². The number of carbonyl (C=O) groups excluding carboxylic acids is 1. The van der Waals surface area contributed by atoms with Crippen LogP contribution in [0.25, 0.3) is 0 Å². The summed E-state index contributed by atoms with van der Waals surface area (Å²) in [5, 5.41) is 2.81. The normalized spacial score (nSPS) is 19.6. The van der Waals surface area contributed by atoms with Crippen LogP contribution >= 0.6 is 0 Å². The fourth-order valence-corrected chi connectivity index (χ4v) is 4.92. The number of amides is 1. The van der Waals surface area contributed by atoms with Crippen molar-refractivity contribution < 1.29 is 17.9 Å². The average molecular weight is 395 g/mol. The number of carbonyl (C=O) groups is 1. The number of sulfonamides is 1. The van der Waals surface area contributed by atoms with E-state index in [-0.39, 0.29) is 24.1 Å². The number of hydrogen-bond donors (Lipinski definition) is 1. The first-order valence-electron chi connectivity index (χ1n) is 9.76. The van der Waals surface area contributed by atoms with Crippen molar-refractivity contribution in [3.05, 3.63) is 34.9 Å². The maximum absolute atomic E-state index is 12.4. The zero-order valence-electron chi connectivity index (χ0n) is 16.2. The van der Waals surface area contributed by atoms with E-state index in [0.717, 1.165) is 12.8 Å². The molecule has 1 aliphatic heterocycles. The second-order valence-corrected chi connectivity index (χ2v) is 9.76. The van der Waals surface area contributed by atoms with Crippen LogP contribution in [-0.2, 0) is 19.6 Å². The Kier molecular flexibility index (Phi) is 6.55. The molecule has 6 nitrogen and oxygen atoms in total. The first kappa shape index (κ1) is 20.3. The fraction of sp³-hybridized carbons (Fsp3) is 0.650. The molecule has 1 atom stereocenters. The fourth-order valence-electron chi connectivity index (χ4n) is 3.60. The van der Waals surface area contributed by atoms with Gasteiger partial charge in [-0.3, -0.25) is 4.79 Å². The lowest BCUT2D eigenvalue weighted by Gasteiger charge is -2.26. The first-order chi connectivity index (χ1) is 12.9. The van der Waals surface area contributed by atoms with Crippen LogP contribution in [0.15, 0.2) is 18.2 Å². The highest BCUT2D eigenvalue weighted by atomic mass is 32.2. The summed E-state index contributed by atoms with van der Waals surface area (Å²) in [5.41, 5.74) is 3.72. The molecule has 1 heterocycles. The highest BCUT2D eigenvalue weighted by Crippen LogP contribution is 2.44. The quantitative estimate of drug-likeness (QED) is 0.731. The molecule has 2 aliphatic rings. The van der Waals surface area contributed by atoms with Gasteiger partial charge in [0.05, 0.1) is 19.0 Å². The number of hydrogen-bond acceptors (Lipinski definition) is 4. The maximum atomic E-state index is 12.4. The van der Waals surface area contributed by atoms with Crippen LogP contribution in [0.1, 0.15) is 41.9 Å². The summed E-state index contributed by atoms with van der Waals surface area (Å²) in [6.45, 7) is 6.00. The molecule has 1 amide bonds. The van der Waals surface area contributed by atoms with Gasteiger partial charge in [-0.25, -0.2) is 8.42 Å². The molecule has 2 fully saturated rings. The third-order valence-electron chi connectivity index (χ3n) is 5.60. The van der Waals surface area contributed by atoms with Crippen LogP contribution in [0, 0.1) is 19.8 Å². The van der Waals surface area contributed by atoms with Crippen molar-refractivity contribution >= 4 is 15.9 Å². The molecule has 1 N–H and O–H groups in total. The zero-order valence-corrected chi connectivity index (χ0v) is 17.1. The molecule has 1 saturated heterocycles. The van der Waals surface area contributed by atoms with E-state index in [2.05, 4.69) is 37.4 Å². The van der Waals surface area contributed by atoms with E-state index >= 15 is 0 Å². The molecule has 1 aromatic carbocycles. The van der Waals surface area contributed by atoms with Gasteiger partial charge in [-0.05, 0) is 55.2 Å². The minimum atomic E-state index is -3.34. The van der Waals surface area contributed by atoms with Crippen molar-refractivity contribution in [1.82, 2.24) is 9.62 Å². The Morgan fingerprint density at radius 1 is 1.22 bits per heavy atom. The largest absolute Gasteiger partial charge is 0.379 e. The predicted octanol–water partition coefficient (Wildman–Crippen LogP) is 1.97. The average Bonchev–Trinajstić information content (AvgIpc) is 3.48. The lowest BCUT2D eigenvalue weighted by atomic mass is 9.89. The molecule has 1 saturated carbocycles. The Morgan fingerprint density at radius 3 is 2.56 bits per heavy atom. The minimum Gasteiger partial charge on any atom is -0.379 e. The molecular formula is C20H30N2O4S.